The second kappa shape index (κ2) is 6.26. The number of urea groups is 1. The van der Waals surface area contributed by atoms with E-state index in [-0.39, 0.29) is 19.0 Å². The summed E-state index contributed by atoms with van der Waals surface area (Å²) < 4.78 is 26.8. The highest BCUT2D eigenvalue weighted by molar-refractivity contribution is 7.90. The summed E-state index contributed by atoms with van der Waals surface area (Å²) in [5, 5.41) is 2.09. The fraction of sp³-hybridized carbons (Fsp3) is 0.556. The van der Waals surface area contributed by atoms with E-state index in [1.165, 1.54) is 23.0 Å². The SMILES string of the molecule is CC(=O)N1CC(S(=O)(=O)NC(=O)Nc2c3c(cc4c2CCC4)CCC3)C1. The number of hydrogen-bond acceptors (Lipinski definition) is 4. The maximum atomic E-state index is 12.4. The number of likely N-dealkylation sites (tertiary alicyclic amines) is 1. The van der Waals surface area contributed by atoms with E-state index in [9.17, 15) is 18.0 Å². The molecule has 3 amide bonds. The molecule has 0 bridgehead atoms. The third kappa shape index (κ3) is 2.96. The molecule has 0 spiro atoms. The maximum absolute atomic E-state index is 12.4. The highest BCUT2D eigenvalue weighted by atomic mass is 32.2. The van der Waals surface area contributed by atoms with Crippen molar-refractivity contribution in [3.63, 3.8) is 0 Å². The standard InChI is InChI=1S/C18H23N3O4S/c1-11(22)21-9-14(10-21)26(24,25)20-18(23)19-17-15-6-2-4-12(15)8-13-5-3-7-16(13)17/h8,14H,2-7,9-10H2,1H3,(H2,19,20,23). The van der Waals surface area contributed by atoms with Crippen LogP contribution >= 0.6 is 0 Å². The predicted molar refractivity (Wildman–Crippen MR) is 97.6 cm³/mol. The third-order valence-corrected chi connectivity index (χ3v) is 7.32. The number of carbonyl (C=O) groups excluding carboxylic acids is 2. The molecular weight excluding hydrogens is 354 g/mol. The van der Waals surface area contributed by atoms with Crippen LogP contribution in [0.25, 0.3) is 0 Å². The molecule has 140 valence electrons. The number of anilines is 1. The van der Waals surface area contributed by atoms with Gasteiger partial charge in [-0.15, -0.1) is 0 Å². The Morgan fingerprint density at radius 1 is 1.04 bits per heavy atom. The fourth-order valence-electron chi connectivity index (χ4n) is 4.21. The van der Waals surface area contributed by atoms with Gasteiger partial charge < -0.3 is 10.2 Å². The molecular formula is C18H23N3O4S. The monoisotopic (exact) mass is 377 g/mol. The van der Waals surface area contributed by atoms with Crippen LogP contribution in [0.2, 0.25) is 0 Å². The normalized spacial score (nSPS) is 18.9. The van der Waals surface area contributed by atoms with Gasteiger partial charge in [0.2, 0.25) is 15.9 Å². The van der Waals surface area contributed by atoms with Gasteiger partial charge in [-0.1, -0.05) is 6.07 Å². The van der Waals surface area contributed by atoms with E-state index >= 15 is 0 Å². The first-order valence-corrected chi connectivity index (χ1v) is 10.6. The Labute approximate surface area is 153 Å². The Morgan fingerprint density at radius 3 is 2.15 bits per heavy atom. The lowest BCUT2D eigenvalue weighted by Crippen LogP contribution is -2.59. The summed E-state index contributed by atoms with van der Waals surface area (Å²) in [6, 6.07) is 1.55. The number of fused-ring (bicyclic) bond motifs is 2. The van der Waals surface area contributed by atoms with Crippen LogP contribution in [0.3, 0.4) is 0 Å². The Bertz CT molecular complexity index is 856. The van der Waals surface area contributed by atoms with Crippen molar-refractivity contribution in [3.05, 3.63) is 28.3 Å². The van der Waals surface area contributed by atoms with Gasteiger partial charge in [0.05, 0.1) is 0 Å². The molecule has 0 unspecified atom stereocenters. The lowest BCUT2D eigenvalue weighted by molar-refractivity contribution is -0.131. The van der Waals surface area contributed by atoms with Crippen molar-refractivity contribution in [2.75, 3.05) is 18.4 Å². The van der Waals surface area contributed by atoms with Crippen LogP contribution in [0, 0.1) is 0 Å². The number of nitrogens with zero attached hydrogens (tertiary/aromatic N) is 1. The second-order valence-electron chi connectivity index (χ2n) is 7.38. The van der Waals surface area contributed by atoms with Gasteiger partial charge in [-0.25, -0.2) is 17.9 Å². The molecule has 1 aromatic rings. The van der Waals surface area contributed by atoms with Crippen LogP contribution in [0.5, 0.6) is 0 Å². The van der Waals surface area contributed by atoms with E-state index in [2.05, 4.69) is 16.1 Å². The average Bonchev–Trinajstić information content (AvgIpc) is 3.12. The lowest BCUT2D eigenvalue weighted by atomic mass is 9.99. The molecule has 0 radical (unpaired) electrons. The van der Waals surface area contributed by atoms with Gasteiger partial charge in [0.25, 0.3) is 0 Å². The van der Waals surface area contributed by atoms with Crippen LogP contribution in [-0.4, -0.2) is 43.6 Å². The summed E-state index contributed by atoms with van der Waals surface area (Å²) >= 11 is 0. The minimum atomic E-state index is -3.79. The molecule has 1 aliphatic heterocycles. The predicted octanol–water partition coefficient (Wildman–Crippen LogP) is 1.35. The summed E-state index contributed by atoms with van der Waals surface area (Å²) in [5.74, 6) is -0.156. The topological polar surface area (TPSA) is 95.6 Å². The first kappa shape index (κ1) is 17.3. The van der Waals surface area contributed by atoms with E-state index in [4.69, 9.17) is 0 Å². The molecule has 26 heavy (non-hydrogen) atoms. The molecule has 1 aromatic carbocycles. The molecule has 7 nitrogen and oxygen atoms in total. The van der Waals surface area contributed by atoms with Crippen molar-refractivity contribution < 1.29 is 18.0 Å². The van der Waals surface area contributed by atoms with Crippen molar-refractivity contribution >= 4 is 27.6 Å². The van der Waals surface area contributed by atoms with Gasteiger partial charge in [0.1, 0.15) is 5.25 Å². The van der Waals surface area contributed by atoms with Gasteiger partial charge in [-0.3, -0.25) is 4.79 Å². The molecule has 8 heteroatoms. The van der Waals surface area contributed by atoms with E-state index in [1.54, 1.807) is 0 Å². The molecule has 0 saturated carbocycles. The Kier molecular flexibility index (Phi) is 4.17. The van der Waals surface area contributed by atoms with Gasteiger partial charge in [0.15, 0.2) is 0 Å². The minimum absolute atomic E-state index is 0.133. The molecule has 1 fully saturated rings. The Morgan fingerprint density at radius 2 is 1.62 bits per heavy atom. The second-order valence-corrected chi connectivity index (χ2v) is 9.34. The molecule has 2 aliphatic carbocycles. The molecule has 4 rings (SSSR count). The zero-order valence-corrected chi connectivity index (χ0v) is 15.6. The number of hydrogen-bond donors (Lipinski definition) is 2. The smallest absolute Gasteiger partial charge is 0.332 e. The molecule has 3 aliphatic rings. The lowest BCUT2D eigenvalue weighted by Gasteiger charge is -2.37. The van der Waals surface area contributed by atoms with Crippen molar-refractivity contribution in [1.82, 2.24) is 9.62 Å². The highest BCUT2D eigenvalue weighted by Gasteiger charge is 2.39. The number of benzene rings is 1. The molecule has 1 heterocycles. The van der Waals surface area contributed by atoms with E-state index in [0.717, 1.165) is 55.3 Å². The number of nitrogens with one attached hydrogen (secondary N) is 2. The summed E-state index contributed by atoms with van der Waals surface area (Å²) in [6.45, 7) is 1.67. The van der Waals surface area contributed by atoms with Gasteiger partial charge in [-0.2, -0.15) is 0 Å². The summed E-state index contributed by atoms with van der Waals surface area (Å²) in [6.07, 6.45) is 5.99. The third-order valence-electron chi connectivity index (χ3n) is 5.68. The summed E-state index contributed by atoms with van der Waals surface area (Å²) in [5.41, 5.74) is 5.69. The van der Waals surface area contributed by atoms with Gasteiger partial charge in [-0.05, 0) is 60.8 Å². The first-order valence-electron chi connectivity index (χ1n) is 9.10. The fourth-order valence-corrected chi connectivity index (χ4v) is 5.44. The van der Waals surface area contributed by atoms with Crippen molar-refractivity contribution in [1.29, 1.82) is 0 Å². The summed E-state index contributed by atoms with van der Waals surface area (Å²) in [7, 11) is -3.79. The number of amides is 3. The number of rotatable bonds is 3. The maximum Gasteiger partial charge on any atom is 0.332 e. The quantitative estimate of drug-likeness (QED) is 0.831. The summed E-state index contributed by atoms with van der Waals surface area (Å²) in [4.78, 5) is 25.1. The number of sulfonamides is 1. The van der Waals surface area contributed by atoms with Crippen LogP contribution in [-0.2, 0) is 40.5 Å². The van der Waals surface area contributed by atoms with Crippen LogP contribution in [0.1, 0.15) is 42.0 Å². The minimum Gasteiger partial charge on any atom is -0.340 e. The Hall–Kier alpha value is -2.09. The molecule has 1 saturated heterocycles. The number of aryl methyl sites for hydroxylation is 2. The van der Waals surface area contributed by atoms with Crippen LogP contribution in [0.15, 0.2) is 6.07 Å². The zero-order valence-electron chi connectivity index (χ0n) is 14.8. The van der Waals surface area contributed by atoms with Gasteiger partial charge >= 0.3 is 6.03 Å². The van der Waals surface area contributed by atoms with Gasteiger partial charge in [0, 0.05) is 25.7 Å². The van der Waals surface area contributed by atoms with Crippen LogP contribution in [0.4, 0.5) is 10.5 Å². The van der Waals surface area contributed by atoms with Crippen molar-refractivity contribution in [2.45, 2.75) is 50.7 Å². The van der Waals surface area contributed by atoms with E-state index in [1.807, 2.05) is 0 Å². The van der Waals surface area contributed by atoms with E-state index < -0.39 is 21.3 Å². The zero-order chi connectivity index (χ0) is 18.5. The van der Waals surface area contributed by atoms with Crippen molar-refractivity contribution in [2.24, 2.45) is 0 Å². The first-order chi connectivity index (χ1) is 12.3. The van der Waals surface area contributed by atoms with E-state index in [0.29, 0.717) is 0 Å². The largest absolute Gasteiger partial charge is 0.340 e. The highest BCUT2D eigenvalue weighted by Crippen LogP contribution is 2.38. The van der Waals surface area contributed by atoms with Crippen LogP contribution < -0.4 is 10.0 Å². The molecule has 0 aromatic heterocycles. The molecule has 0 atom stereocenters. The Balaban J connectivity index is 1.49. The van der Waals surface area contributed by atoms with Crippen molar-refractivity contribution in [3.8, 4) is 0 Å². The number of carbonyl (C=O) groups is 2. The average molecular weight is 377 g/mol. The molecule has 2 N–H and O–H groups in total.